The Labute approximate surface area is 144 Å². The van der Waals surface area contributed by atoms with E-state index in [0.29, 0.717) is 0 Å². The Morgan fingerprint density at radius 3 is 2.58 bits per heavy atom. The molecule has 0 fully saturated rings. The summed E-state index contributed by atoms with van der Waals surface area (Å²) in [5.41, 5.74) is 2.42. The highest BCUT2D eigenvalue weighted by Crippen LogP contribution is 2.35. The van der Waals surface area contributed by atoms with Crippen LogP contribution in [0.5, 0.6) is 0 Å². The van der Waals surface area contributed by atoms with E-state index in [1.165, 1.54) is 16.0 Å². The first kappa shape index (κ1) is 14.8. The van der Waals surface area contributed by atoms with E-state index < -0.39 is 0 Å². The van der Waals surface area contributed by atoms with E-state index in [2.05, 4.69) is 57.2 Å². The van der Waals surface area contributed by atoms with Gasteiger partial charge in [0.15, 0.2) is 0 Å². The molecule has 0 aliphatic carbocycles. The van der Waals surface area contributed by atoms with Crippen LogP contribution in [0.15, 0.2) is 67.3 Å². The van der Waals surface area contributed by atoms with E-state index in [1.807, 2.05) is 30.6 Å². The number of benzene rings is 1. The lowest BCUT2D eigenvalue weighted by atomic mass is 10.2. The van der Waals surface area contributed by atoms with Crippen LogP contribution in [0.4, 0.5) is 5.82 Å². The third kappa shape index (κ3) is 2.86. The van der Waals surface area contributed by atoms with Gasteiger partial charge in [-0.05, 0) is 29.3 Å². The van der Waals surface area contributed by atoms with Crippen molar-refractivity contribution in [3.05, 3.63) is 72.8 Å². The zero-order chi connectivity index (χ0) is 16.4. The van der Waals surface area contributed by atoms with Gasteiger partial charge in [-0.3, -0.25) is 4.98 Å². The highest BCUT2D eigenvalue weighted by atomic mass is 32.1. The fraction of sp³-hybridized carbons (Fsp3) is 0.105. The molecule has 0 N–H and O–H groups in total. The van der Waals surface area contributed by atoms with Crippen LogP contribution in [0.3, 0.4) is 0 Å². The minimum absolute atomic E-state index is 0.783. The number of thiophene rings is 1. The van der Waals surface area contributed by atoms with Crippen molar-refractivity contribution >= 4 is 27.4 Å². The third-order valence-corrected chi connectivity index (χ3v) is 4.99. The second-order valence-electron chi connectivity index (χ2n) is 5.60. The van der Waals surface area contributed by atoms with Gasteiger partial charge in [-0.1, -0.05) is 30.3 Å². The van der Waals surface area contributed by atoms with Crippen molar-refractivity contribution in [3.8, 4) is 10.4 Å². The van der Waals surface area contributed by atoms with Crippen LogP contribution in [0.1, 0.15) is 5.56 Å². The van der Waals surface area contributed by atoms with Crippen LogP contribution in [0.2, 0.25) is 0 Å². The van der Waals surface area contributed by atoms with Gasteiger partial charge >= 0.3 is 0 Å². The van der Waals surface area contributed by atoms with Gasteiger partial charge in [0.1, 0.15) is 17.0 Å². The highest BCUT2D eigenvalue weighted by Gasteiger charge is 2.13. The van der Waals surface area contributed by atoms with Crippen molar-refractivity contribution in [1.29, 1.82) is 0 Å². The molecule has 0 amide bonds. The maximum atomic E-state index is 4.52. The Hall–Kier alpha value is -2.79. The lowest BCUT2D eigenvalue weighted by Gasteiger charge is -2.18. The molecule has 5 heteroatoms. The van der Waals surface area contributed by atoms with Gasteiger partial charge in [-0.15, -0.1) is 11.3 Å². The van der Waals surface area contributed by atoms with Crippen molar-refractivity contribution in [2.75, 3.05) is 11.9 Å². The van der Waals surface area contributed by atoms with E-state index in [1.54, 1.807) is 17.7 Å². The molecular weight excluding hydrogens is 316 g/mol. The normalized spacial score (nSPS) is 10.9. The van der Waals surface area contributed by atoms with Crippen LogP contribution in [-0.4, -0.2) is 22.0 Å². The van der Waals surface area contributed by atoms with Crippen LogP contribution in [0.25, 0.3) is 20.7 Å². The molecule has 1 aromatic carbocycles. The molecule has 24 heavy (non-hydrogen) atoms. The maximum absolute atomic E-state index is 4.52. The molecule has 0 aliphatic rings. The zero-order valence-corrected chi connectivity index (χ0v) is 14.1. The minimum atomic E-state index is 0.783. The third-order valence-electron chi connectivity index (χ3n) is 3.90. The molecule has 3 heterocycles. The molecule has 0 aliphatic heterocycles. The molecule has 4 nitrogen and oxygen atoms in total. The Bertz CT molecular complexity index is 951. The number of nitrogens with zero attached hydrogens (tertiary/aromatic N) is 4. The molecule has 0 spiro atoms. The first-order valence-corrected chi connectivity index (χ1v) is 8.53. The topological polar surface area (TPSA) is 41.9 Å². The molecule has 0 saturated heterocycles. The molecule has 4 rings (SSSR count). The van der Waals surface area contributed by atoms with Gasteiger partial charge < -0.3 is 4.90 Å². The number of pyridine rings is 1. The zero-order valence-electron chi connectivity index (χ0n) is 13.3. The standard InChI is InChI=1S/C19H16N4S/c1-23(12-14-7-9-20-10-8-14)18-16-11-17(15-5-3-2-4-6-15)24-19(16)22-13-21-18/h2-11,13H,12H2,1H3. The van der Waals surface area contributed by atoms with E-state index in [-0.39, 0.29) is 0 Å². The van der Waals surface area contributed by atoms with E-state index in [0.717, 1.165) is 22.6 Å². The first-order valence-electron chi connectivity index (χ1n) is 7.71. The van der Waals surface area contributed by atoms with Gasteiger partial charge in [-0.2, -0.15) is 0 Å². The Balaban J connectivity index is 1.72. The Kier molecular flexibility index (Phi) is 3.92. The lowest BCUT2D eigenvalue weighted by molar-refractivity contribution is 0.898. The Morgan fingerprint density at radius 2 is 1.79 bits per heavy atom. The lowest BCUT2D eigenvalue weighted by Crippen LogP contribution is -2.17. The molecule has 3 aromatic heterocycles. The van der Waals surface area contributed by atoms with Crippen LogP contribution in [-0.2, 0) is 6.54 Å². The van der Waals surface area contributed by atoms with Crippen LogP contribution >= 0.6 is 11.3 Å². The van der Waals surface area contributed by atoms with E-state index >= 15 is 0 Å². The van der Waals surface area contributed by atoms with Gasteiger partial charge in [0.2, 0.25) is 0 Å². The first-order chi connectivity index (χ1) is 11.8. The second-order valence-corrected chi connectivity index (χ2v) is 6.63. The summed E-state index contributed by atoms with van der Waals surface area (Å²) in [4.78, 5) is 17.4. The summed E-state index contributed by atoms with van der Waals surface area (Å²) in [5, 5.41) is 1.10. The van der Waals surface area contributed by atoms with Gasteiger partial charge in [-0.25, -0.2) is 9.97 Å². The molecule has 4 aromatic rings. The molecule has 118 valence electrons. The number of rotatable bonds is 4. The van der Waals surface area contributed by atoms with Crippen LogP contribution < -0.4 is 4.90 Å². The smallest absolute Gasteiger partial charge is 0.140 e. The highest BCUT2D eigenvalue weighted by molar-refractivity contribution is 7.21. The summed E-state index contributed by atoms with van der Waals surface area (Å²) >= 11 is 1.70. The van der Waals surface area contributed by atoms with Gasteiger partial charge in [0.05, 0.1) is 5.39 Å². The molecule has 0 atom stereocenters. The number of anilines is 1. The molecule has 0 bridgehead atoms. The molecular formula is C19H16N4S. The van der Waals surface area contributed by atoms with Gasteiger partial charge in [0, 0.05) is 30.9 Å². The second kappa shape index (κ2) is 6.37. The minimum Gasteiger partial charge on any atom is -0.355 e. The van der Waals surface area contributed by atoms with E-state index in [4.69, 9.17) is 0 Å². The monoisotopic (exact) mass is 332 g/mol. The van der Waals surface area contributed by atoms with E-state index in [9.17, 15) is 0 Å². The number of aromatic nitrogens is 3. The average molecular weight is 332 g/mol. The van der Waals surface area contributed by atoms with Crippen molar-refractivity contribution in [2.45, 2.75) is 6.54 Å². The molecule has 0 unspecified atom stereocenters. The number of fused-ring (bicyclic) bond motifs is 1. The SMILES string of the molecule is CN(Cc1ccncc1)c1ncnc2sc(-c3ccccc3)cc12. The largest absolute Gasteiger partial charge is 0.355 e. The number of hydrogen-bond acceptors (Lipinski definition) is 5. The van der Waals surface area contributed by atoms with Gasteiger partial charge in [0.25, 0.3) is 0 Å². The fourth-order valence-electron chi connectivity index (χ4n) is 2.73. The summed E-state index contributed by atoms with van der Waals surface area (Å²) < 4.78 is 0. The Morgan fingerprint density at radius 1 is 1.00 bits per heavy atom. The summed E-state index contributed by atoms with van der Waals surface area (Å²) in [7, 11) is 2.06. The predicted molar refractivity (Wildman–Crippen MR) is 99.2 cm³/mol. The van der Waals surface area contributed by atoms with Crippen molar-refractivity contribution in [3.63, 3.8) is 0 Å². The van der Waals surface area contributed by atoms with Crippen molar-refractivity contribution < 1.29 is 0 Å². The summed E-state index contributed by atoms with van der Waals surface area (Å²) in [5.74, 6) is 0.954. The molecule has 0 radical (unpaired) electrons. The quantitative estimate of drug-likeness (QED) is 0.556. The van der Waals surface area contributed by atoms with Crippen molar-refractivity contribution in [2.24, 2.45) is 0 Å². The maximum Gasteiger partial charge on any atom is 0.140 e. The average Bonchev–Trinajstić information content (AvgIpc) is 3.07. The summed E-state index contributed by atoms with van der Waals surface area (Å²) in [6.07, 6.45) is 5.28. The summed E-state index contributed by atoms with van der Waals surface area (Å²) in [6, 6.07) is 16.6. The molecule has 0 saturated carbocycles. The van der Waals surface area contributed by atoms with Crippen LogP contribution in [0, 0.1) is 0 Å². The summed E-state index contributed by atoms with van der Waals surface area (Å²) in [6.45, 7) is 0.783. The predicted octanol–water partition coefficient (Wildman–Crippen LogP) is 4.39. The fourth-order valence-corrected chi connectivity index (χ4v) is 3.73. The van der Waals surface area contributed by atoms with Crippen molar-refractivity contribution in [1.82, 2.24) is 15.0 Å². The number of hydrogen-bond donors (Lipinski definition) is 0.